The third-order valence-electron chi connectivity index (χ3n) is 3.56. The molecule has 1 aromatic heterocycles. The number of thiocarbonyl (C=S) groups is 1. The molecule has 0 radical (unpaired) electrons. The van der Waals surface area contributed by atoms with Gasteiger partial charge in [0.2, 0.25) is 5.95 Å². The lowest BCUT2D eigenvalue weighted by molar-refractivity contribution is 0.415. The highest BCUT2D eigenvalue weighted by Gasteiger charge is 2.15. The largest absolute Gasteiger partial charge is 0.497 e. The molecule has 0 amide bonds. The zero-order chi connectivity index (χ0) is 20.0. The lowest BCUT2D eigenvalue weighted by atomic mass is 10.3. The van der Waals surface area contributed by atoms with E-state index in [4.69, 9.17) is 17.0 Å². The molecule has 0 aliphatic carbocycles. The van der Waals surface area contributed by atoms with Crippen LogP contribution in [0, 0.1) is 0 Å². The van der Waals surface area contributed by atoms with Gasteiger partial charge in [-0.25, -0.2) is 23.1 Å². The highest BCUT2D eigenvalue weighted by molar-refractivity contribution is 7.92. The number of hydrogen-bond acceptors (Lipinski definition) is 6. The molecule has 144 valence electrons. The molecular weight excluding hydrogens is 398 g/mol. The Bertz CT molecular complexity index is 1040. The van der Waals surface area contributed by atoms with Crippen molar-refractivity contribution < 1.29 is 13.2 Å². The lowest BCUT2D eigenvalue weighted by Crippen LogP contribution is -2.19. The first-order chi connectivity index (χ1) is 13.5. The molecule has 10 heteroatoms. The summed E-state index contributed by atoms with van der Waals surface area (Å²) in [7, 11) is -2.18. The van der Waals surface area contributed by atoms with Gasteiger partial charge < -0.3 is 15.4 Å². The summed E-state index contributed by atoms with van der Waals surface area (Å²) < 4.78 is 32.2. The zero-order valence-corrected chi connectivity index (χ0v) is 16.4. The van der Waals surface area contributed by atoms with E-state index < -0.39 is 10.0 Å². The van der Waals surface area contributed by atoms with Gasteiger partial charge in [-0.15, -0.1) is 0 Å². The van der Waals surface area contributed by atoms with Crippen LogP contribution < -0.4 is 20.1 Å². The standard InChI is InChI=1S/C18H17N5O3S2/c1-26-15-7-3-13(4-8-15)21-18(27)22-14-5-9-16(10-6-14)28(24,25)23-17-19-11-2-12-20-17/h2-12H,1H3,(H,19,20,23)(H2,21,22,27). The molecule has 0 aliphatic rings. The van der Waals surface area contributed by atoms with E-state index in [0.717, 1.165) is 11.4 Å². The summed E-state index contributed by atoms with van der Waals surface area (Å²) in [5, 5.41) is 6.41. The van der Waals surface area contributed by atoms with Crippen LogP contribution in [0.4, 0.5) is 17.3 Å². The van der Waals surface area contributed by atoms with Gasteiger partial charge in [0.25, 0.3) is 10.0 Å². The Labute approximate surface area is 168 Å². The predicted molar refractivity (Wildman–Crippen MR) is 112 cm³/mol. The maximum atomic E-state index is 12.4. The molecular formula is C18H17N5O3S2. The van der Waals surface area contributed by atoms with Crippen molar-refractivity contribution in [3.8, 4) is 5.75 Å². The fourth-order valence-corrected chi connectivity index (χ4v) is 3.41. The summed E-state index contributed by atoms with van der Waals surface area (Å²) in [4.78, 5) is 7.78. The maximum Gasteiger partial charge on any atom is 0.264 e. The molecule has 0 spiro atoms. The van der Waals surface area contributed by atoms with E-state index in [1.807, 2.05) is 24.3 Å². The van der Waals surface area contributed by atoms with E-state index in [2.05, 4.69) is 25.3 Å². The van der Waals surface area contributed by atoms with Crippen LogP contribution in [0.2, 0.25) is 0 Å². The average molecular weight is 416 g/mol. The Morgan fingerprint density at radius 3 is 2.00 bits per heavy atom. The molecule has 0 bridgehead atoms. The fourth-order valence-electron chi connectivity index (χ4n) is 2.22. The van der Waals surface area contributed by atoms with E-state index in [1.165, 1.54) is 24.5 Å². The first-order valence-corrected chi connectivity index (χ1v) is 9.97. The van der Waals surface area contributed by atoms with Crippen LogP contribution in [0.1, 0.15) is 0 Å². The van der Waals surface area contributed by atoms with E-state index in [9.17, 15) is 8.42 Å². The van der Waals surface area contributed by atoms with Gasteiger partial charge in [0.15, 0.2) is 5.11 Å². The van der Waals surface area contributed by atoms with Gasteiger partial charge in [0.05, 0.1) is 12.0 Å². The quantitative estimate of drug-likeness (QED) is 0.528. The normalized spacial score (nSPS) is 10.8. The van der Waals surface area contributed by atoms with Crippen molar-refractivity contribution in [1.29, 1.82) is 0 Å². The molecule has 28 heavy (non-hydrogen) atoms. The topological polar surface area (TPSA) is 105 Å². The summed E-state index contributed by atoms with van der Waals surface area (Å²) >= 11 is 5.27. The van der Waals surface area contributed by atoms with Crippen LogP contribution in [0.5, 0.6) is 5.75 Å². The predicted octanol–water partition coefficient (Wildman–Crippen LogP) is 3.09. The molecule has 3 N–H and O–H groups in total. The molecule has 0 saturated carbocycles. The van der Waals surface area contributed by atoms with E-state index in [1.54, 1.807) is 25.3 Å². The van der Waals surface area contributed by atoms with Gasteiger partial charge in [0, 0.05) is 23.8 Å². The highest BCUT2D eigenvalue weighted by Crippen LogP contribution is 2.18. The number of hydrogen-bond donors (Lipinski definition) is 3. The van der Waals surface area contributed by atoms with Crippen molar-refractivity contribution in [2.75, 3.05) is 22.5 Å². The summed E-state index contributed by atoms with van der Waals surface area (Å²) in [6, 6.07) is 15.0. The second kappa shape index (κ2) is 8.63. The van der Waals surface area contributed by atoms with Crippen LogP contribution in [-0.4, -0.2) is 30.6 Å². The van der Waals surface area contributed by atoms with Crippen molar-refractivity contribution in [3.63, 3.8) is 0 Å². The molecule has 3 rings (SSSR count). The van der Waals surface area contributed by atoms with Crippen LogP contribution in [0.3, 0.4) is 0 Å². The molecule has 0 unspecified atom stereocenters. The van der Waals surface area contributed by atoms with Crippen molar-refractivity contribution in [3.05, 3.63) is 67.0 Å². The Kier molecular flexibility index (Phi) is 6.02. The Morgan fingerprint density at radius 2 is 1.46 bits per heavy atom. The van der Waals surface area contributed by atoms with Crippen LogP contribution in [0.15, 0.2) is 71.9 Å². The number of aromatic nitrogens is 2. The second-order valence-corrected chi connectivity index (χ2v) is 7.60. The van der Waals surface area contributed by atoms with Gasteiger partial charge in [0.1, 0.15) is 5.75 Å². The minimum atomic E-state index is -3.78. The zero-order valence-electron chi connectivity index (χ0n) is 14.8. The summed E-state index contributed by atoms with van der Waals surface area (Å²) in [5.74, 6) is 0.755. The van der Waals surface area contributed by atoms with Crippen LogP contribution in [0.25, 0.3) is 0 Å². The number of rotatable bonds is 6. The molecule has 0 atom stereocenters. The number of anilines is 3. The molecule has 0 fully saturated rings. The maximum absolute atomic E-state index is 12.4. The van der Waals surface area contributed by atoms with E-state index in [-0.39, 0.29) is 10.8 Å². The number of nitrogens with zero attached hydrogens (tertiary/aromatic N) is 2. The van der Waals surface area contributed by atoms with Crippen molar-refractivity contribution >= 4 is 44.7 Å². The van der Waals surface area contributed by atoms with Crippen LogP contribution in [-0.2, 0) is 10.0 Å². The fraction of sp³-hybridized carbons (Fsp3) is 0.0556. The van der Waals surface area contributed by atoms with Crippen molar-refractivity contribution in [2.45, 2.75) is 4.90 Å². The summed E-state index contributed by atoms with van der Waals surface area (Å²) in [5.41, 5.74) is 1.44. The first-order valence-electron chi connectivity index (χ1n) is 8.08. The van der Waals surface area contributed by atoms with Gasteiger partial charge in [-0.2, -0.15) is 0 Å². The monoisotopic (exact) mass is 415 g/mol. The Morgan fingerprint density at radius 1 is 0.929 bits per heavy atom. The summed E-state index contributed by atoms with van der Waals surface area (Å²) in [6.45, 7) is 0. The number of nitrogens with one attached hydrogen (secondary N) is 3. The van der Waals surface area contributed by atoms with Crippen molar-refractivity contribution in [2.24, 2.45) is 0 Å². The van der Waals surface area contributed by atoms with Gasteiger partial charge in [-0.3, -0.25) is 0 Å². The molecule has 0 aliphatic heterocycles. The van der Waals surface area contributed by atoms with E-state index >= 15 is 0 Å². The first kappa shape index (κ1) is 19.5. The summed E-state index contributed by atoms with van der Waals surface area (Å²) in [6.07, 6.45) is 2.91. The Balaban J connectivity index is 1.62. The van der Waals surface area contributed by atoms with Crippen molar-refractivity contribution in [1.82, 2.24) is 9.97 Å². The highest BCUT2D eigenvalue weighted by atomic mass is 32.2. The number of methoxy groups -OCH3 is 1. The Hall–Kier alpha value is -3.24. The van der Waals surface area contributed by atoms with Gasteiger partial charge >= 0.3 is 0 Å². The number of benzene rings is 2. The molecule has 3 aromatic rings. The second-order valence-electron chi connectivity index (χ2n) is 5.51. The van der Waals surface area contributed by atoms with E-state index in [0.29, 0.717) is 10.8 Å². The van der Waals surface area contributed by atoms with Crippen LogP contribution >= 0.6 is 12.2 Å². The molecule has 8 nitrogen and oxygen atoms in total. The third kappa shape index (κ3) is 5.15. The van der Waals surface area contributed by atoms with Gasteiger partial charge in [-0.05, 0) is 66.8 Å². The minimum Gasteiger partial charge on any atom is -0.497 e. The molecule has 2 aromatic carbocycles. The number of ether oxygens (including phenoxy) is 1. The molecule has 0 saturated heterocycles. The average Bonchev–Trinajstić information content (AvgIpc) is 2.69. The molecule has 1 heterocycles. The number of sulfonamides is 1. The van der Waals surface area contributed by atoms with Gasteiger partial charge in [-0.1, -0.05) is 0 Å². The lowest BCUT2D eigenvalue weighted by Gasteiger charge is -2.12. The SMILES string of the molecule is COc1ccc(NC(=S)Nc2ccc(S(=O)(=O)Nc3ncccn3)cc2)cc1. The smallest absolute Gasteiger partial charge is 0.264 e. The minimum absolute atomic E-state index is 0.00886. The third-order valence-corrected chi connectivity index (χ3v) is 5.11.